The molecule has 3 aromatic carbocycles. The van der Waals surface area contributed by atoms with Gasteiger partial charge in [-0.15, -0.1) is 26.6 Å². The van der Waals surface area contributed by atoms with Crippen molar-refractivity contribution >= 4 is 58.2 Å². The highest BCUT2D eigenvalue weighted by atomic mass is 35.5. The molecule has 1 fully saturated rings. The lowest BCUT2D eigenvalue weighted by Gasteiger charge is -2.35. The van der Waals surface area contributed by atoms with Crippen LogP contribution in [-0.4, -0.2) is 126 Å². The molecule has 6 atom stereocenters. The first-order valence-electron chi connectivity index (χ1n) is 26.0. The number of hydrogen-bond donors (Lipinski definition) is 5. The van der Waals surface area contributed by atoms with Crippen molar-refractivity contribution in [3.05, 3.63) is 135 Å². The van der Waals surface area contributed by atoms with Crippen LogP contribution in [0.4, 0.5) is 0 Å². The highest BCUT2D eigenvalue weighted by Gasteiger charge is 2.46. The van der Waals surface area contributed by atoms with E-state index < -0.39 is 59.3 Å². The maximum Gasteiger partial charge on any atom is 0.248 e. The molecular weight excluding hydrogens is 1020 g/mol. The van der Waals surface area contributed by atoms with Crippen LogP contribution in [0.3, 0.4) is 0 Å². The second-order valence-electron chi connectivity index (χ2n) is 21.1. The van der Waals surface area contributed by atoms with E-state index in [-0.39, 0.29) is 76.9 Å². The number of fused-ring (bicyclic) bond motifs is 6. The lowest BCUT2D eigenvalue weighted by molar-refractivity contribution is -0.144. The number of amides is 5. The molecule has 0 saturated carbocycles. The average molecular weight is 1090 g/mol. The molecule has 0 radical (unpaired) electrons. The molecule has 21 heteroatoms. The Morgan fingerprint density at radius 3 is 2.34 bits per heavy atom. The number of aliphatic hydroxyl groups is 1. The van der Waals surface area contributed by atoms with Gasteiger partial charge in [0.1, 0.15) is 40.7 Å². The second-order valence-corrected chi connectivity index (χ2v) is 22.7. The van der Waals surface area contributed by atoms with E-state index in [1.165, 1.54) is 9.58 Å². The Hall–Kier alpha value is -7.13. The van der Waals surface area contributed by atoms with Gasteiger partial charge in [0.05, 0.1) is 43.6 Å². The average Bonchev–Trinajstić information content (AvgIpc) is 4.24. The number of benzene rings is 3. The number of thiophene rings is 1. The Balaban J connectivity index is 0.948. The van der Waals surface area contributed by atoms with Gasteiger partial charge < -0.3 is 36.0 Å². The van der Waals surface area contributed by atoms with Crippen LogP contribution in [0, 0.1) is 32.1 Å². The molecule has 9 rings (SSSR count). The van der Waals surface area contributed by atoms with Crippen LogP contribution in [0.2, 0.25) is 5.02 Å². The zero-order chi connectivity index (χ0) is 54.5. The Bertz CT molecular complexity index is 3150. The minimum Gasteiger partial charge on any atom is -0.391 e. The van der Waals surface area contributed by atoms with Crippen LogP contribution in [-0.2, 0) is 41.7 Å². The summed E-state index contributed by atoms with van der Waals surface area (Å²) in [5.74, 6) is -1.70. The summed E-state index contributed by atoms with van der Waals surface area (Å²) in [6, 6.07) is 21.3. The molecule has 19 nitrogen and oxygen atoms in total. The Kier molecular flexibility index (Phi) is 16.8. The molecule has 3 aliphatic rings. The first kappa shape index (κ1) is 54.7. The summed E-state index contributed by atoms with van der Waals surface area (Å²) in [4.78, 5) is 79.2. The molecule has 77 heavy (non-hydrogen) atoms. The van der Waals surface area contributed by atoms with Crippen molar-refractivity contribution in [1.82, 2.24) is 55.9 Å². The smallest absolute Gasteiger partial charge is 0.248 e. The molecule has 6 aromatic rings. The summed E-state index contributed by atoms with van der Waals surface area (Å²) in [6.07, 6.45) is 1.25. The van der Waals surface area contributed by atoms with Crippen molar-refractivity contribution in [2.75, 3.05) is 32.8 Å². The number of carbonyl (C=O) groups excluding carboxylic acids is 5. The number of ether oxygens (including phenoxy) is 1. The van der Waals surface area contributed by atoms with Gasteiger partial charge in [-0.05, 0) is 73.4 Å². The molecule has 6 heterocycles. The highest BCUT2D eigenvalue weighted by Crippen LogP contribution is 2.40. The third kappa shape index (κ3) is 12.5. The van der Waals surface area contributed by atoms with E-state index in [1.807, 2.05) is 111 Å². The predicted octanol–water partition coefficient (Wildman–Crippen LogP) is 5.70. The van der Waals surface area contributed by atoms with E-state index in [0.29, 0.717) is 34.5 Å². The molecule has 5 amide bonds. The number of hydrogen-bond acceptors (Lipinski definition) is 13. The van der Waals surface area contributed by atoms with E-state index >= 15 is 0 Å². The zero-order valence-electron chi connectivity index (χ0n) is 44.1. The second kappa shape index (κ2) is 23.6. The van der Waals surface area contributed by atoms with Crippen molar-refractivity contribution in [3.8, 4) is 16.1 Å². The molecule has 1 unspecified atom stereocenters. The largest absolute Gasteiger partial charge is 0.391 e. The Labute approximate surface area is 456 Å². The predicted molar refractivity (Wildman–Crippen MR) is 291 cm³/mol. The Morgan fingerprint density at radius 2 is 1.60 bits per heavy atom. The summed E-state index contributed by atoms with van der Waals surface area (Å²) in [5.41, 5.74) is 6.07. The fourth-order valence-corrected chi connectivity index (χ4v) is 11.6. The zero-order valence-corrected chi connectivity index (χ0v) is 45.7. The SMILES string of the molecule is Cc1sc2c(c1C)C(c1ccc(Cl)cc1)=N[C@@H](CC(=O)NC[C@H]1CCCNC(=O)[C@@H](Cc3ccc(-c4ccccc4)cc3)NC(=O)[C@@H]3C[C@@H](O)CN3C(=O)C(C(C)(C)C)n3cc(nn3)COCCNC1=O)c1nnc(C)n1-2. The van der Waals surface area contributed by atoms with Gasteiger partial charge >= 0.3 is 0 Å². The quantitative estimate of drug-likeness (QED) is 0.124. The van der Waals surface area contributed by atoms with Crippen LogP contribution in [0.25, 0.3) is 16.1 Å². The molecule has 3 aromatic heterocycles. The highest BCUT2D eigenvalue weighted by molar-refractivity contribution is 7.15. The van der Waals surface area contributed by atoms with E-state index in [9.17, 15) is 29.1 Å². The number of halogens is 1. The maximum atomic E-state index is 14.6. The van der Waals surface area contributed by atoms with Gasteiger partial charge in [-0.3, -0.25) is 33.5 Å². The standard InChI is InChI=1S/C56H65ClN12O7S/c1-32-33(2)77-55-47(32)48(38-18-20-40(57)21-19-38)61-43(50-65-63-34(3)69(50)55)27-46(71)60-28-39-13-10-22-58-52(73)44(25-35-14-16-37(17-15-35)36-11-8-7-9-12-36)62-53(74)45-26-42(70)30-67(45)54(75)49(56(4,5)6)68-29-41(64-66-68)31-76-24-23-59-51(39)72/h7-9,11-12,14-21,29,39,42-45,49,70H,10,13,22-28,30-31H2,1-6H3,(H,58,73)(H,59,72)(H,60,71)(H,62,74)/t39-,42-,43+,44-,45+,49?/m1/s1. The number of carbonyl (C=O) groups is 5. The third-order valence-corrected chi connectivity index (χ3v) is 15.8. The molecule has 2 bridgehead atoms. The van der Waals surface area contributed by atoms with Gasteiger partial charge in [-0.25, -0.2) is 4.68 Å². The summed E-state index contributed by atoms with van der Waals surface area (Å²) in [6.45, 7) is 12.0. The Morgan fingerprint density at radius 1 is 0.883 bits per heavy atom. The summed E-state index contributed by atoms with van der Waals surface area (Å²) in [7, 11) is 0. The van der Waals surface area contributed by atoms with Gasteiger partial charge in [0, 0.05) is 60.0 Å². The number of aliphatic hydroxyl groups excluding tert-OH is 1. The number of aromatic nitrogens is 6. The van der Waals surface area contributed by atoms with Crippen molar-refractivity contribution in [3.63, 3.8) is 0 Å². The number of rotatable bonds is 8. The maximum absolute atomic E-state index is 14.6. The van der Waals surface area contributed by atoms with Crippen molar-refractivity contribution in [2.45, 2.75) is 111 Å². The lowest BCUT2D eigenvalue weighted by Crippen LogP contribution is -2.55. The minimum absolute atomic E-state index is 0.0184. The lowest BCUT2D eigenvalue weighted by atomic mass is 9.85. The molecule has 5 N–H and O–H groups in total. The number of nitrogens with zero attached hydrogens (tertiary/aromatic N) is 8. The molecule has 0 spiro atoms. The third-order valence-electron chi connectivity index (χ3n) is 14.4. The van der Waals surface area contributed by atoms with Gasteiger partial charge in [0.25, 0.3) is 0 Å². The normalized spacial score (nSPS) is 22.0. The van der Waals surface area contributed by atoms with Crippen molar-refractivity contribution in [2.24, 2.45) is 16.3 Å². The van der Waals surface area contributed by atoms with Crippen LogP contribution in [0.1, 0.15) is 103 Å². The van der Waals surface area contributed by atoms with Gasteiger partial charge in [0.15, 0.2) is 5.82 Å². The van der Waals surface area contributed by atoms with Gasteiger partial charge in [-0.2, -0.15) is 0 Å². The van der Waals surface area contributed by atoms with Crippen LogP contribution in [0.15, 0.2) is 90.1 Å². The van der Waals surface area contributed by atoms with E-state index in [2.05, 4.69) is 55.6 Å². The fraction of sp³-hybridized carbons (Fsp3) is 0.429. The molecular formula is C56H65ClN12O7S. The van der Waals surface area contributed by atoms with Crippen LogP contribution < -0.4 is 21.3 Å². The first-order valence-corrected chi connectivity index (χ1v) is 27.2. The van der Waals surface area contributed by atoms with Crippen LogP contribution >= 0.6 is 22.9 Å². The van der Waals surface area contributed by atoms with Gasteiger partial charge in [0.2, 0.25) is 29.5 Å². The van der Waals surface area contributed by atoms with Crippen molar-refractivity contribution in [1.29, 1.82) is 0 Å². The van der Waals surface area contributed by atoms with E-state index in [0.717, 1.165) is 43.3 Å². The molecule has 404 valence electrons. The van der Waals surface area contributed by atoms with E-state index in [4.69, 9.17) is 21.3 Å². The summed E-state index contributed by atoms with van der Waals surface area (Å²) < 4.78 is 9.33. The molecule has 1 saturated heterocycles. The minimum atomic E-state index is -1.08. The summed E-state index contributed by atoms with van der Waals surface area (Å²) in [5, 5.41) is 41.9. The first-order chi connectivity index (χ1) is 36.9. The van der Waals surface area contributed by atoms with E-state index in [1.54, 1.807) is 17.5 Å². The number of nitrogens with one attached hydrogen (secondary N) is 4. The summed E-state index contributed by atoms with van der Waals surface area (Å²) >= 11 is 7.93. The fourth-order valence-electron chi connectivity index (χ4n) is 10.2. The molecule has 0 aliphatic carbocycles. The van der Waals surface area contributed by atoms with Gasteiger partial charge in [-0.1, -0.05) is 104 Å². The topological polar surface area (TPSA) is 240 Å². The number of aliphatic imine (C=N–C) groups is 1. The molecule has 3 aliphatic heterocycles. The number of aryl methyl sites for hydroxylation is 2. The van der Waals surface area contributed by atoms with Crippen LogP contribution in [0.5, 0.6) is 0 Å². The monoisotopic (exact) mass is 1080 g/mol. The van der Waals surface area contributed by atoms with Crippen molar-refractivity contribution < 1.29 is 33.8 Å².